The normalized spacial score (nSPS) is 18.2. The van der Waals surface area contributed by atoms with Crippen LogP contribution in [-0.4, -0.2) is 0 Å². The predicted octanol–water partition coefficient (Wildman–Crippen LogP) is 4.55. The van der Waals surface area contributed by atoms with Gasteiger partial charge in [0.05, 0.1) is 0 Å². The first kappa shape index (κ1) is 11.2. The zero-order valence-corrected chi connectivity index (χ0v) is 9.31. The maximum Gasteiger partial charge on any atom is 0.100 e. The Morgan fingerprint density at radius 1 is 1.43 bits per heavy atom. The zero-order valence-electron chi connectivity index (χ0n) is 9.31. The second-order valence-electron chi connectivity index (χ2n) is 4.03. The van der Waals surface area contributed by atoms with Gasteiger partial charge in [-0.25, -0.2) is 4.39 Å². The molecule has 0 nitrogen and oxygen atoms in total. The number of hydrogen-bond acceptors (Lipinski definition) is 0. The molecule has 0 bridgehead atoms. The van der Waals surface area contributed by atoms with E-state index >= 15 is 0 Å². The summed E-state index contributed by atoms with van der Waals surface area (Å²) in [7, 11) is 0. The fourth-order valence-corrected chi connectivity index (χ4v) is 1.81. The van der Waals surface area contributed by atoms with Gasteiger partial charge in [0.25, 0.3) is 0 Å². The van der Waals surface area contributed by atoms with Crippen molar-refractivity contribution in [2.24, 2.45) is 5.92 Å². The van der Waals surface area contributed by atoms with Gasteiger partial charge < -0.3 is 0 Å². The standard InChI is InChI=1S/C13H19F/c1-4-5-13(10(2)3)11-6-8-12(14)9-7-11/h5-6,8,10H,4,7,9H2,1-3H3/b13-5+. The predicted molar refractivity (Wildman–Crippen MR) is 59.7 cm³/mol. The van der Waals surface area contributed by atoms with E-state index in [4.69, 9.17) is 0 Å². The quantitative estimate of drug-likeness (QED) is 0.618. The van der Waals surface area contributed by atoms with Crippen LogP contribution < -0.4 is 0 Å². The summed E-state index contributed by atoms with van der Waals surface area (Å²) in [5, 5.41) is 0. The first-order chi connectivity index (χ1) is 6.65. The molecule has 0 aromatic heterocycles. The average Bonchev–Trinajstić information content (AvgIpc) is 2.15. The molecule has 1 heteroatoms. The largest absolute Gasteiger partial charge is 0.212 e. The van der Waals surface area contributed by atoms with Crippen molar-refractivity contribution in [1.29, 1.82) is 0 Å². The van der Waals surface area contributed by atoms with E-state index in [-0.39, 0.29) is 5.83 Å². The monoisotopic (exact) mass is 194 g/mol. The van der Waals surface area contributed by atoms with Gasteiger partial charge in [-0.1, -0.05) is 32.9 Å². The highest BCUT2D eigenvalue weighted by Crippen LogP contribution is 2.29. The molecule has 0 radical (unpaired) electrons. The van der Waals surface area contributed by atoms with Crippen molar-refractivity contribution in [1.82, 2.24) is 0 Å². The molecule has 0 atom stereocenters. The highest BCUT2D eigenvalue weighted by molar-refractivity contribution is 5.37. The summed E-state index contributed by atoms with van der Waals surface area (Å²) in [5.74, 6) is 0.545. The van der Waals surface area contributed by atoms with Crippen LogP contribution in [0.25, 0.3) is 0 Å². The average molecular weight is 194 g/mol. The lowest BCUT2D eigenvalue weighted by molar-refractivity contribution is 0.579. The molecule has 1 aliphatic rings. The topological polar surface area (TPSA) is 0 Å². The highest BCUT2D eigenvalue weighted by Gasteiger charge is 2.12. The van der Waals surface area contributed by atoms with Crippen LogP contribution in [0.4, 0.5) is 4.39 Å². The number of rotatable bonds is 3. The molecule has 0 heterocycles. The number of hydrogen-bond donors (Lipinski definition) is 0. The fraction of sp³-hybridized carbons (Fsp3) is 0.538. The molecule has 14 heavy (non-hydrogen) atoms. The summed E-state index contributed by atoms with van der Waals surface area (Å²) < 4.78 is 12.8. The maximum atomic E-state index is 12.8. The molecule has 0 fully saturated rings. The van der Waals surface area contributed by atoms with Crippen LogP contribution in [-0.2, 0) is 0 Å². The molecule has 0 aliphatic heterocycles. The third-order valence-corrected chi connectivity index (χ3v) is 2.52. The fourth-order valence-electron chi connectivity index (χ4n) is 1.81. The van der Waals surface area contributed by atoms with Gasteiger partial charge >= 0.3 is 0 Å². The molecule has 0 saturated carbocycles. The lowest BCUT2D eigenvalue weighted by Gasteiger charge is -2.17. The van der Waals surface area contributed by atoms with Crippen molar-refractivity contribution < 1.29 is 4.39 Å². The van der Waals surface area contributed by atoms with Crippen molar-refractivity contribution in [3.63, 3.8) is 0 Å². The van der Waals surface area contributed by atoms with E-state index in [9.17, 15) is 4.39 Å². The Balaban J connectivity index is 2.85. The maximum absolute atomic E-state index is 12.8. The first-order valence-corrected chi connectivity index (χ1v) is 5.40. The van der Waals surface area contributed by atoms with E-state index in [1.807, 2.05) is 6.08 Å². The van der Waals surface area contributed by atoms with Gasteiger partial charge in [0.15, 0.2) is 0 Å². The van der Waals surface area contributed by atoms with Crippen molar-refractivity contribution in [3.05, 3.63) is 35.2 Å². The third-order valence-electron chi connectivity index (χ3n) is 2.52. The molecule has 1 aliphatic carbocycles. The van der Waals surface area contributed by atoms with Crippen LogP contribution >= 0.6 is 0 Å². The molecule has 0 saturated heterocycles. The Kier molecular flexibility index (Phi) is 4.12. The summed E-state index contributed by atoms with van der Waals surface area (Å²) >= 11 is 0. The SMILES string of the molecule is CC/C=C(/C1=CC=C(F)CC1)C(C)C. The Hall–Kier alpha value is -0.850. The Morgan fingerprint density at radius 2 is 2.14 bits per heavy atom. The summed E-state index contributed by atoms with van der Waals surface area (Å²) in [5.41, 5.74) is 2.69. The van der Waals surface area contributed by atoms with Gasteiger partial charge in [-0.05, 0) is 36.0 Å². The molecular formula is C13H19F. The van der Waals surface area contributed by atoms with Gasteiger partial charge in [0.1, 0.15) is 5.83 Å². The van der Waals surface area contributed by atoms with Crippen LogP contribution in [0.2, 0.25) is 0 Å². The van der Waals surface area contributed by atoms with Crippen LogP contribution in [0.15, 0.2) is 35.2 Å². The van der Waals surface area contributed by atoms with Crippen LogP contribution in [0, 0.1) is 5.92 Å². The Labute approximate surface area is 86.2 Å². The highest BCUT2D eigenvalue weighted by atomic mass is 19.1. The smallest absolute Gasteiger partial charge is 0.100 e. The van der Waals surface area contributed by atoms with Gasteiger partial charge in [0, 0.05) is 6.42 Å². The number of halogens is 1. The molecule has 1 rings (SSSR count). The first-order valence-electron chi connectivity index (χ1n) is 5.40. The van der Waals surface area contributed by atoms with E-state index < -0.39 is 0 Å². The Morgan fingerprint density at radius 3 is 2.57 bits per heavy atom. The van der Waals surface area contributed by atoms with E-state index in [0.717, 1.165) is 12.8 Å². The van der Waals surface area contributed by atoms with Crippen molar-refractivity contribution in [2.75, 3.05) is 0 Å². The molecule has 0 aromatic carbocycles. The van der Waals surface area contributed by atoms with Crippen molar-refractivity contribution >= 4 is 0 Å². The van der Waals surface area contributed by atoms with Crippen LogP contribution in [0.3, 0.4) is 0 Å². The van der Waals surface area contributed by atoms with E-state index in [1.54, 1.807) is 6.08 Å². The number of allylic oxidation sites excluding steroid dienone is 6. The van der Waals surface area contributed by atoms with Crippen LogP contribution in [0.1, 0.15) is 40.0 Å². The zero-order chi connectivity index (χ0) is 10.6. The van der Waals surface area contributed by atoms with E-state index in [2.05, 4.69) is 26.8 Å². The molecule has 0 N–H and O–H groups in total. The minimum Gasteiger partial charge on any atom is -0.212 e. The van der Waals surface area contributed by atoms with E-state index in [1.165, 1.54) is 11.1 Å². The Bertz CT molecular complexity index is 280. The molecule has 0 amide bonds. The summed E-state index contributed by atoms with van der Waals surface area (Å²) in [6.07, 6.45) is 8.27. The minimum absolute atomic E-state index is 0.00774. The summed E-state index contributed by atoms with van der Waals surface area (Å²) in [6.45, 7) is 6.52. The molecular weight excluding hydrogens is 175 g/mol. The molecule has 0 aromatic rings. The second kappa shape index (κ2) is 5.14. The van der Waals surface area contributed by atoms with Gasteiger partial charge in [-0.15, -0.1) is 0 Å². The van der Waals surface area contributed by atoms with Gasteiger partial charge in [-0.2, -0.15) is 0 Å². The lowest BCUT2D eigenvalue weighted by Crippen LogP contribution is -2.01. The summed E-state index contributed by atoms with van der Waals surface area (Å²) in [4.78, 5) is 0. The van der Waals surface area contributed by atoms with Crippen LogP contribution in [0.5, 0.6) is 0 Å². The molecule has 0 spiro atoms. The van der Waals surface area contributed by atoms with Gasteiger partial charge in [0.2, 0.25) is 0 Å². The third kappa shape index (κ3) is 2.83. The second-order valence-corrected chi connectivity index (χ2v) is 4.03. The van der Waals surface area contributed by atoms with Gasteiger partial charge in [-0.3, -0.25) is 0 Å². The van der Waals surface area contributed by atoms with E-state index in [0.29, 0.717) is 12.3 Å². The summed E-state index contributed by atoms with van der Waals surface area (Å²) in [6, 6.07) is 0. The molecule has 0 unspecified atom stereocenters. The molecule has 78 valence electrons. The van der Waals surface area contributed by atoms with Crippen molar-refractivity contribution in [2.45, 2.75) is 40.0 Å². The van der Waals surface area contributed by atoms with Crippen molar-refractivity contribution in [3.8, 4) is 0 Å². The lowest BCUT2D eigenvalue weighted by atomic mass is 9.89. The minimum atomic E-state index is 0.00774.